The van der Waals surface area contributed by atoms with Crippen molar-refractivity contribution in [3.63, 3.8) is 0 Å². The summed E-state index contributed by atoms with van der Waals surface area (Å²) >= 11 is 8.52. The molecule has 112 valence electrons. The SMILES string of the molecule is COC(=O)C(C)(C)NC(=O)c1cnc(-c2ccc(Cl)s2)s1. The van der Waals surface area contributed by atoms with E-state index in [4.69, 9.17) is 11.6 Å². The largest absolute Gasteiger partial charge is 0.467 e. The lowest BCUT2D eigenvalue weighted by atomic mass is 10.1. The summed E-state index contributed by atoms with van der Waals surface area (Å²) in [6, 6.07) is 3.63. The third kappa shape index (κ3) is 3.61. The van der Waals surface area contributed by atoms with Crippen LogP contribution in [0.4, 0.5) is 0 Å². The molecular weight excluding hydrogens is 332 g/mol. The van der Waals surface area contributed by atoms with Crippen LogP contribution in [0.3, 0.4) is 0 Å². The zero-order valence-electron chi connectivity index (χ0n) is 11.6. The number of thiophene rings is 1. The molecule has 2 aromatic rings. The highest BCUT2D eigenvalue weighted by Crippen LogP contribution is 2.33. The number of esters is 1. The molecule has 2 rings (SSSR count). The molecule has 1 amide bonds. The smallest absolute Gasteiger partial charge is 0.330 e. The summed E-state index contributed by atoms with van der Waals surface area (Å²) in [6.07, 6.45) is 1.48. The van der Waals surface area contributed by atoms with E-state index in [-0.39, 0.29) is 5.91 Å². The van der Waals surface area contributed by atoms with Crippen LogP contribution in [-0.2, 0) is 9.53 Å². The lowest BCUT2D eigenvalue weighted by Crippen LogP contribution is -2.50. The third-order valence-electron chi connectivity index (χ3n) is 2.64. The van der Waals surface area contributed by atoms with Gasteiger partial charge in [0.25, 0.3) is 5.91 Å². The molecule has 0 bridgehead atoms. The van der Waals surface area contributed by atoms with Gasteiger partial charge >= 0.3 is 5.97 Å². The van der Waals surface area contributed by atoms with Crippen LogP contribution >= 0.6 is 34.3 Å². The molecule has 1 N–H and O–H groups in total. The molecule has 0 unspecified atom stereocenters. The van der Waals surface area contributed by atoms with Crippen LogP contribution in [0.25, 0.3) is 9.88 Å². The van der Waals surface area contributed by atoms with E-state index in [1.54, 1.807) is 19.9 Å². The van der Waals surface area contributed by atoms with Gasteiger partial charge in [-0.05, 0) is 26.0 Å². The highest BCUT2D eigenvalue weighted by Gasteiger charge is 2.31. The molecule has 0 fully saturated rings. The predicted octanol–water partition coefficient (Wildman–Crippen LogP) is 3.21. The maximum absolute atomic E-state index is 12.2. The Bertz CT molecular complexity index is 679. The number of nitrogens with zero attached hydrogens (tertiary/aromatic N) is 1. The van der Waals surface area contributed by atoms with Crippen LogP contribution in [0, 0.1) is 0 Å². The Morgan fingerprint density at radius 1 is 1.33 bits per heavy atom. The van der Waals surface area contributed by atoms with Gasteiger partial charge in [-0.2, -0.15) is 0 Å². The van der Waals surface area contributed by atoms with Gasteiger partial charge in [0.15, 0.2) is 0 Å². The quantitative estimate of drug-likeness (QED) is 0.865. The molecule has 0 radical (unpaired) electrons. The van der Waals surface area contributed by atoms with Crippen molar-refractivity contribution >= 4 is 46.2 Å². The van der Waals surface area contributed by atoms with Gasteiger partial charge < -0.3 is 10.1 Å². The summed E-state index contributed by atoms with van der Waals surface area (Å²) in [4.78, 5) is 29.3. The molecule has 0 spiro atoms. The van der Waals surface area contributed by atoms with E-state index in [1.165, 1.54) is 36.0 Å². The zero-order chi connectivity index (χ0) is 15.6. The molecular formula is C13H13ClN2O3S2. The first-order chi connectivity index (χ1) is 9.83. The Labute approximate surface area is 134 Å². The summed E-state index contributed by atoms with van der Waals surface area (Å²) < 4.78 is 5.32. The second-order valence-electron chi connectivity index (χ2n) is 4.70. The van der Waals surface area contributed by atoms with Crippen molar-refractivity contribution in [3.05, 3.63) is 27.5 Å². The van der Waals surface area contributed by atoms with Crippen LogP contribution < -0.4 is 5.32 Å². The number of halogens is 1. The number of hydrogen-bond acceptors (Lipinski definition) is 6. The average Bonchev–Trinajstić information content (AvgIpc) is 3.05. The van der Waals surface area contributed by atoms with Crippen molar-refractivity contribution < 1.29 is 14.3 Å². The van der Waals surface area contributed by atoms with E-state index in [0.717, 1.165) is 4.88 Å². The number of nitrogens with one attached hydrogen (secondary N) is 1. The number of ether oxygens (including phenoxy) is 1. The van der Waals surface area contributed by atoms with Crippen molar-refractivity contribution in [1.82, 2.24) is 10.3 Å². The number of rotatable bonds is 4. The molecule has 0 atom stereocenters. The normalized spacial score (nSPS) is 11.2. The maximum Gasteiger partial charge on any atom is 0.330 e. The minimum absolute atomic E-state index is 0.364. The lowest BCUT2D eigenvalue weighted by molar-refractivity contribution is -0.146. The Kier molecular flexibility index (Phi) is 4.65. The van der Waals surface area contributed by atoms with E-state index in [1.807, 2.05) is 6.07 Å². The number of thiazole rings is 1. The molecule has 2 heterocycles. The first-order valence-corrected chi connectivity index (χ1v) is 7.97. The fourth-order valence-electron chi connectivity index (χ4n) is 1.57. The van der Waals surface area contributed by atoms with Gasteiger partial charge in [0.05, 0.1) is 22.5 Å². The highest BCUT2D eigenvalue weighted by atomic mass is 35.5. The van der Waals surface area contributed by atoms with E-state index >= 15 is 0 Å². The molecule has 0 saturated heterocycles. The maximum atomic E-state index is 12.2. The predicted molar refractivity (Wildman–Crippen MR) is 84.0 cm³/mol. The number of hydrogen-bond donors (Lipinski definition) is 1. The number of carbonyl (C=O) groups excluding carboxylic acids is 2. The highest BCUT2D eigenvalue weighted by molar-refractivity contribution is 7.24. The summed E-state index contributed by atoms with van der Waals surface area (Å²) in [7, 11) is 1.28. The Morgan fingerprint density at radius 3 is 2.62 bits per heavy atom. The average molecular weight is 345 g/mol. The van der Waals surface area contributed by atoms with Crippen molar-refractivity contribution in [2.24, 2.45) is 0 Å². The molecule has 0 aliphatic carbocycles. The molecule has 0 aromatic carbocycles. The fourth-order valence-corrected chi connectivity index (χ4v) is 3.49. The zero-order valence-corrected chi connectivity index (χ0v) is 14.0. The molecule has 2 aromatic heterocycles. The van der Waals surface area contributed by atoms with Gasteiger partial charge in [-0.3, -0.25) is 4.79 Å². The number of amides is 1. The molecule has 0 aliphatic rings. The molecule has 0 aliphatic heterocycles. The summed E-state index contributed by atoms with van der Waals surface area (Å²) in [5, 5.41) is 3.34. The van der Waals surface area contributed by atoms with Gasteiger partial charge in [0.1, 0.15) is 15.4 Å². The Hall–Kier alpha value is -1.44. The van der Waals surface area contributed by atoms with E-state index < -0.39 is 11.5 Å². The van der Waals surface area contributed by atoms with Crippen molar-refractivity contribution in [2.75, 3.05) is 7.11 Å². The van der Waals surface area contributed by atoms with Crippen molar-refractivity contribution in [2.45, 2.75) is 19.4 Å². The van der Waals surface area contributed by atoms with Crippen molar-refractivity contribution in [3.8, 4) is 9.88 Å². The lowest BCUT2D eigenvalue weighted by Gasteiger charge is -2.22. The third-order valence-corrected chi connectivity index (χ3v) is 5.03. The standard InChI is InChI=1S/C13H13ClN2O3S2/c1-13(2,12(18)19-3)16-10(17)8-6-15-11(21-8)7-4-5-9(14)20-7/h4-6H,1-3H3,(H,16,17). The van der Waals surface area contributed by atoms with E-state index in [0.29, 0.717) is 14.2 Å². The van der Waals surface area contributed by atoms with Gasteiger partial charge in [0, 0.05) is 0 Å². The van der Waals surface area contributed by atoms with E-state index in [2.05, 4.69) is 15.0 Å². The van der Waals surface area contributed by atoms with Crippen LogP contribution in [0.1, 0.15) is 23.5 Å². The number of carbonyl (C=O) groups is 2. The minimum Gasteiger partial charge on any atom is -0.467 e. The van der Waals surface area contributed by atoms with E-state index in [9.17, 15) is 9.59 Å². The van der Waals surface area contributed by atoms with Crippen LogP contribution in [-0.4, -0.2) is 29.5 Å². The van der Waals surface area contributed by atoms with Crippen LogP contribution in [0.5, 0.6) is 0 Å². The Morgan fingerprint density at radius 2 is 2.05 bits per heavy atom. The molecule has 5 nitrogen and oxygen atoms in total. The first kappa shape index (κ1) is 15.9. The van der Waals surface area contributed by atoms with Crippen LogP contribution in [0.15, 0.2) is 18.3 Å². The fraction of sp³-hybridized carbons (Fsp3) is 0.308. The van der Waals surface area contributed by atoms with Crippen LogP contribution in [0.2, 0.25) is 4.34 Å². The first-order valence-electron chi connectivity index (χ1n) is 5.96. The molecule has 21 heavy (non-hydrogen) atoms. The monoisotopic (exact) mass is 344 g/mol. The number of methoxy groups -OCH3 is 1. The van der Waals surface area contributed by atoms with Gasteiger partial charge in [-0.25, -0.2) is 9.78 Å². The summed E-state index contributed by atoms with van der Waals surface area (Å²) in [5.41, 5.74) is -1.10. The second-order valence-corrected chi connectivity index (χ2v) is 7.45. The second kappa shape index (κ2) is 6.13. The van der Waals surface area contributed by atoms with Gasteiger partial charge in [-0.15, -0.1) is 22.7 Å². The molecule has 8 heteroatoms. The minimum atomic E-state index is -1.10. The topological polar surface area (TPSA) is 68.3 Å². The Balaban J connectivity index is 2.14. The summed E-state index contributed by atoms with van der Waals surface area (Å²) in [6.45, 7) is 3.16. The number of aromatic nitrogens is 1. The van der Waals surface area contributed by atoms with Crippen molar-refractivity contribution in [1.29, 1.82) is 0 Å². The van der Waals surface area contributed by atoms with Gasteiger partial charge in [-0.1, -0.05) is 11.6 Å². The molecule has 0 saturated carbocycles. The summed E-state index contributed by atoms with van der Waals surface area (Å²) in [5.74, 6) is -0.873. The van der Waals surface area contributed by atoms with Gasteiger partial charge in [0.2, 0.25) is 0 Å².